The maximum Gasteiger partial charge on any atom is 0.211 e. The quantitative estimate of drug-likeness (QED) is 0.481. The average molecular weight is 286 g/mol. The summed E-state index contributed by atoms with van der Waals surface area (Å²) in [5.74, 6) is 0. The standard InChI is InChI=1S/C16H10N6/c1-2-6-10(7-3-1)22-14-11-8-4-5-9-12(11)17-15-13(14)16(19-18-15)20-21-22/h1-9H,(H,17,18,19). The predicted octanol–water partition coefficient (Wildman–Crippen LogP) is 2.85. The number of pyridine rings is 1. The molecule has 0 fully saturated rings. The molecule has 0 aliphatic rings. The van der Waals surface area contributed by atoms with Gasteiger partial charge in [-0.05, 0) is 18.2 Å². The second-order valence-corrected chi connectivity index (χ2v) is 5.10. The Bertz CT molecular complexity index is 1120. The molecule has 0 aliphatic heterocycles. The summed E-state index contributed by atoms with van der Waals surface area (Å²) in [6.07, 6.45) is 0. The van der Waals surface area contributed by atoms with Gasteiger partial charge in [-0.2, -0.15) is 0 Å². The number of aromatic amines is 1. The molecule has 0 saturated heterocycles. The van der Waals surface area contributed by atoms with Gasteiger partial charge in [-0.1, -0.05) is 41.6 Å². The number of H-pyrrole nitrogens is 1. The predicted molar refractivity (Wildman–Crippen MR) is 83.8 cm³/mol. The molecule has 1 N–H and O–H groups in total. The molecule has 6 nitrogen and oxygen atoms in total. The van der Waals surface area contributed by atoms with Gasteiger partial charge in [0.15, 0.2) is 5.65 Å². The number of hydrogen-bond acceptors (Lipinski definition) is 4. The third kappa shape index (κ3) is 1.43. The number of nitrogens with one attached hydrogen (secondary N) is 1. The van der Waals surface area contributed by atoms with E-state index in [0.29, 0.717) is 5.65 Å². The minimum absolute atomic E-state index is 0.555. The number of hydrogen-bond donors (Lipinski definition) is 1. The number of fused-ring (bicyclic) bond motifs is 2. The molecule has 22 heavy (non-hydrogen) atoms. The van der Waals surface area contributed by atoms with Gasteiger partial charge in [0.2, 0.25) is 5.65 Å². The molecule has 0 saturated carbocycles. The fourth-order valence-corrected chi connectivity index (χ4v) is 2.84. The van der Waals surface area contributed by atoms with Crippen LogP contribution in [0.15, 0.2) is 54.6 Å². The van der Waals surface area contributed by atoms with Crippen molar-refractivity contribution in [1.82, 2.24) is 30.2 Å². The van der Waals surface area contributed by atoms with Crippen LogP contribution in [0.25, 0.3) is 38.8 Å². The van der Waals surface area contributed by atoms with Crippen molar-refractivity contribution in [3.8, 4) is 5.69 Å². The number of benzene rings is 2. The van der Waals surface area contributed by atoms with E-state index in [1.54, 1.807) is 0 Å². The molecule has 0 unspecified atom stereocenters. The maximum atomic E-state index is 4.33. The van der Waals surface area contributed by atoms with Gasteiger partial charge in [0, 0.05) is 10.9 Å². The Morgan fingerprint density at radius 2 is 1.64 bits per heavy atom. The van der Waals surface area contributed by atoms with Crippen molar-refractivity contribution in [2.24, 2.45) is 0 Å². The Morgan fingerprint density at radius 3 is 2.55 bits per heavy atom. The first kappa shape index (κ1) is 11.4. The minimum Gasteiger partial charge on any atom is -0.337 e. The van der Waals surface area contributed by atoms with Crippen molar-refractivity contribution in [2.45, 2.75) is 0 Å². The van der Waals surface area contributed by atoms with Crippen molar-refractivity contribution >= 4 is 33.1 Å². The average Bonchev–Trinajstić information content (AvgIpc) is 3.00. The highest BCUT2D eigenvalue weighted by molar-refractivity contribution is 6.14. The van der Waals surface area contributed by atoms with E-state index >= 15 is 0 Å². The number of nitrogens with zero attached hydrogens (tertiary/aromatic N) is 5. The molecule has 6 heteroatoms. The van der Waals surface area contributed by atoms with E-state index < -0.39 is 0 Å². The van der Waals surface area contributed by atoms with E-state index in [1.807, 2.05) is 53.2 Å². The van der Waals surface area contributed by atoms with Gasteiger partial charge in [-0.15, -0.1) is 15.3 Å². The summed E-state index contributed by atoms with van der Waals surface area (Å²) in [5.41, 5.74) is 4.19. The molecule has 0 bridgehead atoms. The van der Waals surface area contributed by atoms with Crippen LogP contribution in [-0.4, -0.2) is 30.2 Å². The zero-order chi connectivity index (χ0) is 14.5. The van der Waals surface area contributed by atoms with E-state index in [2.05, 4.69) is 31.6 Å². The van der Waals surface area contributed by atoms with E-state index in [9.17, 15) is 0 Å². The van der Waals surface area contributed by atoms with Crippen molar-refractivity contribution in [3.63, 3.8) is 0 Å². The van der Waals surface area contributed by atoms with Crippen molar-refractivity contribution < 1.29 is 0 Å². The Morgan fingerprint density at radius 1 is 0.818 bits per heavy atom. The van der Waals surface area contributed by atoms with E-state index in [-0.39, 0.29) is 0 Å². The molecular weight excluding hydrogens is 276 g/mol. The first-order chi connectivity index (χ1) is 10.9. The van der Waals surface area contributed by atoms with Gasteiger partial charge in [0.05, 0.1) is 16.6 Å². The monoisotopic (exact) mass is 286 g/mol. The summed E-state index contributed by atoms with van der Waals surface area (Å²) in [5, 5.41) is 18.8. The SMILES string of the molecule is c1ccc(-n2nnc3nnc4[nH]c5ccccc5c2c34)cc1. The van der Waals surface area contributed by atoms with Crippen LogP contribution in [0.1, 0.15) is 0 Å². The summed E-state index contributed by atoms with van der Waals surface area (Å²) < 4.78 is 1.84. The van der Waals surface area contributed by atoms with Crippen LogP contribution in [0, 0.1) is 0 Å². The highest BCUT2D eigenvalue weighted by Crippen LogP contribution is 2.29. The zero-order valence-corrected chi connectivity index (χ0v) is 11.4. The summed E-state index contributed by atoms with van der Waals surface area (Å²) in [4.78, 5) is 3.31. The lowest BCUT2D eigenvalue weighted by Crippen LogP contribution is -2.05. The topological polar surface area (TPSA) is 72.3 Å². The Hall–Kier alpha value is -3.28. The second-order valence-electron chi connectivity index (χ2n) is 5.10. The maximum absolute atomic E-state index is 4.33. The largest absolute Gasteiger partial charge is 0.337 e. The van der Waals surface area contributed by atoms with Crippen LogP contribution < -0.4 is 0 Å². The third-order valence-corrected chi connectivity index (χ3v) is 3.82. The summed E-state index contributed by atoms with van der Waals surface area (Å²) >= 11 is 0. The van der Waals surface area contributed by atoms with Crippen molar-refractivity contribution in [2.75, 3.05) is 0 Å². The smallest absolute Gasteiger partial charge is 0.211 e. The molecule has 5 rings (SSSR count). The first-order valence-corrected chi connectivity index (χ1v) is 6.96. The molecule has 0 aliphatic carbocycles. The number of rotatable bonds is 1. The highest BCUT2D eigenvalue weighted by Gasteiger charge is 2.16. The first-order valence-electron chi connectivity index (χ1n) is 6.96. The number of para-hydroxylation sites is 2. The Labute approximate surface area is 124 Å². The molecule has 3 heterocycles. The fraction of sp³-hybridized carbons (Fsp3) is 0. The molecule has 3 aromatic heterocycles. The lowest BCUT2D eigenvalue weighted by atomic mass is 10.1. The molecule has 0 radical (unpaired) electrons. The molecule has 0 atom stereocenters. The lowest BCUT2D eigenvalue weighted by Gasteiger charge is -2.10. The van der Waals surface area contributed by atoms with E-state index in [1.165, 1.54) is 0 Å². The lowest BCUT2D eigenvalue weighted by molar-refractivity contribution is 0.786. The van der Waals surface area contributed by atoms with Gasteiger partial charge < -0.3 is 4.98 Å². The summed E-state index contributed by atoms with van der Waals surface area (Å²) in [6.45, 7) is 0. The summed E-state index contributed by atoms with van der Waals surface area (Å²) in [6, 6.07) is 18.0. The van der Waals surface area contributed by atoms with Crippen LogP contribution in [0.5, 0.6) is 0 Å². The molecule has 104 valence electrons. The van der Waals surface area contributed by atoms with Gasteiger partial charge in [-0.25, -0.2) is 4.68 Å². The van der Waals surface area contributed by atoms with Crippen molar-refractivity contribution in [1.29, 1.82) is 0 Å². The number of aromatic nitrogens is 6. The highest BCUT2D eigenvalue weighted by atomic mass is 15.4. The van der Waals surface area contributed by atoms with E-state index in [4.69, 9.17) is 0 Å². The third-order valence-electron chi connectivity index (χ3n) is 3.82. The van der Waals surface area contributed by atoms with Gasteiger partial charge >= 0.3 is 0 Å². The van der Waals surface area contributed by atoms with Crippen LogP contribution >= 0.6 is 0 Å². The normalized spacial score (nSPS) is 11.6. The van der Waals surface area contributed by atoms with Crippen LogP contribution in [-0.2, 0) is 0 Å². The van der Waals surface area contributed by atoms with E-state index in [0.717, 1.165) is 33.1 Å². The molecule has 0 spiro atoms. The fourth-order valence-electron chi connectivity index (χ4n) is 2.84. The van der Waals surface area contributed by atoms with Crippen LogP contribution in [0.3, 0.4) is 0 Å². The Balaban J connectivity index is 2.07. The summed E-state index contributed by atoms with van der Waals surface area (Å²) in [7, 11) is 0. The minimum atomic E-state index is 0.555. The molecule has 5 aromatic rings. The Kier molecular flexibility index (Phi) is 2.13. The van der Waals surface area contributed by atoms with Crippen LogP contribution in [0.4, 0.5) is 0 Å². The van der Waals surface area contributed by atoms with Gasteiger partial charge in [0.1, 0.15) is 0 Å². The van der Waals surface area contributed by atoms with Gasteiger partial charge in [0.25, 0.3) is 0 Å². The molecule has 0 amide bonds. The molecule has 2 aromatic carbocycles. The van der Waals surface area contributed by atoms with Gasteiger partial charge in [-0.3, -0.25) is 0 Å². The molecular formula is C16H10N6. The zero-order valence-electron chi connectivity index (χ0n) is 11.4. The second kappa shape index (κ2) is 4.11. The van der Waals surface area contributed by atoms with Crippen LogP contribution in [0.2, 0.25) is 0 Å². The van der Waals surface area contributed by atoms with Crippen molar-refractivity contribution in [3.05, 3.63) is 54.6 Å².